The first-order valence-electron chi connectivity index (χ1n) is 7.64. The molecule has 1 heterocycles. The smallest absolute Gasteiger partial charge is 0.183 e. The normalized spacial score (nSPS) is 17.8. The summed E-state index contributed by atoms with van der Waals surface area (Å²) in [6.07, 6.45) is 7.91. The van der Waals surface area contributed by atoms with E-state index in [4.69, 9.17) is 15.2 Å². The number of pyridine rings is 1. The summed E-state index contributed by atoms with van der Waals surface area (Å²) >= 11 is 0. The number of nitrogens with zero attached hydrogens (tertiary/aromatic N) is 2. The van der Waals surface area contributed by atoms with Crippen molar-refractivity contribution in [1.82, 2.24) is 9.88 Å². The molecule has 1 aliphatic rings. The van der Waals surface area contributed by atoms with Crippen LogP contribution in [0.2, 0.25) is 0 Å². The zero-order valence-electron chi connectivity index (χ0n) is 13.4. The van der Waals surface area contributed by atoms with Crippen LogP contribution in [-0.4, -0.2) is 43.2 Å². The molecule has 0 atom stereocenters. The number of rotatable bonds is 6. The summed E-state index contributed by atoms with van der Waals surface area (Å²) in [6.45, 7) is 1.41. The van der Waals surface area contributed by atoms with Crippen LogP contribution in [0.25, 0.3) is 0 Å². The van der Waals surface area contributed by atoms with Crippen LogP contribution in [0.4, 0.5) is 0 Å². The van der Waals surface area contributed by atoms with Gasteiger partial charge in [0.1, 0.15) is 5.69 Å². The fourth-order valence-corrected chi connectivity index (χ4v) is 3.31. The zero-order chi connectivity index (χ0) is 15.3. The highest BCUT2D eigenvalue weighted by Crippen LogP contribution is 2.35. The Morgan fingerprint density at radius 3 is 2.52 bits per heavy atom. The van der Waals surface area contributed by atoms with Gasteiger partial charge in [0.05, 0.1) is 14.2 Å². The van der Waals surface area contributed by atoms with Crippen LogP contribution in [0.15, 0.2) is 12.3 Å². The molecule has 1 aliphatic carbocycles. The Hall–Kier alpha value is -1.33. The predicted octanol–water partition coefficient (Wildman–Crippen LogP) is 2.19. The molecule has 0 spiro atoms. The lowest BCUT2D eigenvalue weighted by Crippen LogP contribution is -2.52. The van der Waals surface area contributed by atoms with E-state index in [2.05, 4.69) is 16.9 Å². The largest absolute Gasteiger partial charge is 0.493 e. The van der Waals surface area contributed by atoms with E-state index in [1.807, 2.05) is 6.07 Å². The van der Waals surface area contributed by atoms with Crippen molar-refractivity contribution in [3.63, 3.8) is 0 Å². The van der Waals surface area contributed by atoms with Gasteiger partial charge in [0.25, 0.3) is 0 Å². The van der Waals surface area contributed by atoms with Crippen molar-refractivity contribution in [2.24, 2.45) is 5.73 Å². The second-order valence-corrected chi connectivity index (χ2v) is 5.84. The Bertz CT molecular complexity index is 459. The Labute approximate surface area is 127 Å². The van der Waals surface area contributed by atoms with E-state index < -0.39 is 0 Å². The highest BCUT2D eigenvalue weighted by molar-refractivity contribution is 5.42. The molecule has 0 bridgehead atoms. The maximum atomic E-state index is 6.10. The van der Waals surface area contributed by atoms with Crippen molar-refractivity contribution in [3.8, 4) is 11.5 Å². The van der Waals surface area contributed by atoms with Crippen molar-refractivity contribution in [1.29, 1.82) is 0 Å². The van der Waals surface area contributed by atoms with Gasteiger partial charge >= 0.3 is 0 Å². The van der Waals surface area contributed by atoms with E-state index in [-0.39, 0.29) is 5.54 Å². The molecule has 1 saturated carbocycles. The molecule has 5 nitrogen and oxygen atoms in total. The highest BCUT2D eigenvalue weighted by Gasteiger charge is 2.35. The van der Waals surface area contributed by atoms with Crippen molar-refractivity contribution in [2.75, 3.05) is 27.8 Å². The molecule has 21 heavy (non-hydrogen) atoms. The number of hydrogen-bond acceptors (Lipinski definition) is 5. The molecule has 118 valence electrons. The lowest BCUT2D eigenvalue weighted by Gasteiger charge is -2.44. The van der Waals surface area contributed by atoms with E-state index in [0.29, 0.717) is 6.54 Å². The average molecular weight is 293 g/mol. The molecule has 0 aliphatic heterocycles. The van der Waals surface area contributed by atoms with Gasteiger partial charge < -0.3 is 15.2 Å². The topological polar surface area (TPSA) is 60.6 Å². The van der Waals surface area contributed by atoms with E-state index in [0.717, 1.165) is 36.6 Å². The van der Waals surface area contributed by atoms with Crippen molar-refractivity contribution in [2.45, 2.75) is 44.2 Å². The van der Waals surface area contributed by atoms with Gasteiger partial charge in [-0.2, -0.15) is 0 Å². The van der Waals surface area contributed by atoms with Gasteiger partial charge in [0, 0.05) is 30.9 Å². The molecule has 0 amide bonds. The minimum atomic E-state index is 0.0913. The minimum absolute atomic E-state index is 0.0913. The van der Waals surface area contributed by atoms with Crippen LogP contribution < -0.4 is 15.2 Å². The molecular formula is C16H27N3O2. The predicted molar refractivity (Wildman–Crippen MR) is 83.7 cm³/mol. The van der Waals surface area contributed by atoms with Gasteiger partial charge in [-0.1, -0.05) is 19.3 Å². The zero-order valence-corrected chi connectivity index (χ0v) is 13.4. The van der Waals surface area contributed by atoms with Gasteiger partial charge in [-0.15, -0.1) is 0 Å². The monoisotopic (exact) mass is 293 g/mol. The molecule has 0 radical (unpaired) electrons. The van der Waals surface area contributed by atoms with Crippen molar-refractivity contribution < 1.29 is 9.47 Å². The molecule has 0 saturated heterocycles. The molecule has 2 rings (SSSR count). The highest BCUT2D eigenvalue weighted by atomic mass is 16.5. The fraction of sp³-hybridized carbons (Fsp3) is 0.688. The van der Waals surface area contributed by atoms with E-state index in [1.54, 1.807) is 20.4 Å². The number of hydrogen-bond donors (Lipinski definition) is 1. The van der Waals surface area contributed by atoms with E-state index in [9.17, 15) is 0 Å². The Morgan fingerprint density at radius 1 is 1.24 bits per heavy atom. The summed E-state index contributed by atoms with van der Waals surface area (Å²) in [5.74, 6) is 1.44. The first-order valence-corrected chi connectivity index (χ1v) is 7.64. The summed E-state index contributed by atoms with van der Waals surface area (Å²) in [6, 6.07) is 1.82. The van der Waals surface area contributed by atoms with Crippen LogP contribution in [0.3, 0.4) is 0 Å². The first kappa shape index (κ1) is 16.0. The van der Waals surface area contributed by atoms with Crippen molar-refractivity contribution >= 4 is 0 Å². The molecule has 5 heteroatoms. The Kier molecular flexibility index (Phi) is 5.42. The van der Waals surface area contributed by atoms with E-state index >= 15 is 0 Å². The van der Waals surface area contributed by atoms with Crippen LogP contribution in [0.5, 0.6) is 11.5 Å². The molecule has 0 aromatic carbocycles. The maximum Gasteiger partial charge on any atom is 0.183 e. The summed E-state index contributed by atoms with van der Waals surface area (Å²) in [7, 11) is 5.44. The Morgan fingerprint density at radius 2 is 1.95 bits per heavy atom. The summed E-state index contributed by atoms with van der Waals surface area (Å²) in [5, 5.41) is 0. The molecule has 1 fully saturated rings. The van der Waals surface area contributed by atoms with Gasteiger partial charge in [0.2, 0.25) is 0 Å². The second kappa shape index (κ2) is 7.09. The third kappa shape index (κ3) is 3.30. The SMILES string of the molecule is COc1ccnc(CN(C)C2(CN)CCCCC2)c1OC. The second-order valence-electron chi connectivity index (χ2n) is 5.84. The van der Waals surface area contributed by atoms with Crippen molar-refractivity contribution in [3.05, 3.63) is 18.0 Å². The number of nitrogens with two attached hydrogens (primary N) is 1. The lowest BCUT2D eigenvalue weighted by molar-refractivity contribution is 0.0738. The molecule has 0 unspecified atom stereocenters. The van der Waals surface area contributed by atoms with Crippen LogP contribution in [0.1, 0.15) is 37.8 Å². The molecule has 1 aromatic heterocycles. The van der Waals surface area contributed by atoms with Gasteiger partial charge in [0.15, 0.2) is 11.5 Å². The molecule has 2 N–H and O–H groups in total. The minimum Gasteiger partial charge on any atom is -0.493 e. The standard InChI is InChI=1S/C16H27N3O2/c1-19(16(12-17)8-5-4-6-9-16)11-13-15(21-3)14(20-2)7-10-18-13/h7,10H,4-6,8-9,11-12,17H2,1-3H3. The van der Waals surface area contributed by atoms with Gasteiger partial charge in [-0.3, -0.25) is 9.88 Å². The lowest BCUT2D eigenvalue weighted by atomic mass is 9.80. The van der Waals surface area contributed by atoms with Crippen LogP contribution >= 0.6 is 0 Å². The number of likely N-dealkylation sites (N-methyl/N-ethyl adjacent to an activating group) is 1. The first-order chi connectivity index (χ1) is 10.2. The molecule has 1 aromatic rings. The fourth-order valence-electron chi connectivity index (χ4n) is 3.31. The number of aromatic nitrogens is 1. The summed E-state index contributed by atoms with van der Waals surface area (Å²) in [4.78, 5) is 6.81. The maximum absolute atomic E-state index is 6.10. The third-order valence-electron chi connectivity index (χ3n) is 4.73. The summed E-state index contributed by atoms with van der Waals surface area (Å²) < 4.78 is 10.8. The quantitative estimate of drug-likeness (QED) is 0.871. The number of methoxy groups -OCH3 is 2. The van der Waals surface area contributed by atoms with Crippen LogP contribution in [0, 0.1) is 0 Å². The summed E-state index contributed by atoms with van der Waals surface area (Å²) in [5.41, 5.74) is 7.09. The number of ether oxygens (including phenoxy) is 2. The van der Waals surface area contributed by atoms with Gasteiger partial charge in [-0.05, 0) is 19.9 Å². The van der Waals surface area contributed by atoms with Gasteiger partial charge in [-0.25, -0.2) is 0 Å². The third-order valence-corrected chi connectivity index (χ3v) is 4.73. The van der Waals surface area contributed by atoms with E-state index in [1.165, 1.54) is 19.3 Å². The van der Waals surface area contributed by atoms with Crippen LogP contribution in [-0.2, 0) is 6.54 Å². The molecular weight excluding hydrogens is 266 g/mol. The average Bonchev–Trinajstić information content (AvgIpc) is 2.55. The Balaban J connectivity index is 2.20.